The van der Waals surface area contributed by atoms with Crippen molar-refractivity contribution < 1.29 is 14.7 Å². The van der Waals surface area contributed by atoms with Crippen LogP contribution in [0.2, 0.25) is 0 Å². The predicted molar refractivity (Wildman–Crippen MR) is 75.7 cm³/mol. The number of carbonyl (C=O) groups is 2. The van der Waals surface area contributed by atoms with Crippen LogP contribution in [0.4, 0.5) is 0 Å². The summed E-state index contributed by atoms with van der Waals surface area (Å²) in [5.41, 5.74) is 1.37. The van der Waals surface area contributed by atoms with Crippen LogP contribution >= 0.6 is 11.8 Å². The molecule has 0 spiro atoms. The summed E-state index contributed by atoms with van der Waals surface area (Å²) in [6, 6.07) is 7.36. The standard InChI is InChI=1S/C15H16O3S/c1-19-11-6-4-5-10(9-11)14(16)12-7-2-3-8-13(12)15(17)18/h4-6,9H,2-3,7-8H2,1H3,(H,17,18). The average Bonchev–Trinajstić information content (AvgIpc) is 2.46. The second-order valence-electron chi connectivity index (χ2n) is 4.53. The molecule has 4 heteroatoms. The van der Waals surface area contributed by atoms with Gasteiger partial charge in [0.15, 0.2) is 5.78 Å². The van der Waals surface area contributed by atoms with Crippen LogP contribution in [0.25, 0.3) is 0 Å². The zero-order valence-corrected chi connectivity index (χ0v) is 11.6. The molecule has 0 amide bonds. The number of aliphatic carboxylic acids is 1. The second kappa shape index (κ2) is 6.06. The molecule has 0 saturated heterocycles. The maximum atomic E-state index is 12.5. The van der Waals surface area contributed by atoms with Crippen LogP contribution in [-0.4, -0.2) is 23.1 Å². The van der Waals surface area contributed by atoms with Crippen molar-refractivity contribution >= 4 is 23.5 Å². The van der Waals surface area contributed by atoms with Gasteiger partial charge in [-0.15, -0.1) is 11.8 Å². The van der Waals surface area contributed by atoms with E-state index in [9.17, 15) is 14.7 Å². The number of hydrogen-bond donors (Lipinski definition) is 1. The van der Waals surface area contributed by atoms with E-state index < -0.39 is 5.97 Å². The lowest BCUT2D eigenvalue weighted by Crippen LogP contribution is -2.15. The summed E-state index contributed by atoms with van der Waals surface area (Å²) in [5, 5.41) is 9.19. The van der Waals surface area contributed by atoms with Gasteiger partial charge in [0, 0.05) is 21.6 Å². The topological polar surface area (TPSA) is 54.4 Å². The minimum absolute atomic E-state index is 0.131. The Bertz CT molecular complexity index is 546. The van der Waals surface area contributed by atoms with Crippen LogP contribution in [-0.2, 0) is 4.79 Å². The van der Waals surface area contributed by atoms with Crippen LogP contribution in [0.3, 0.4) is 0 Å². The Balaban J connectivity index is 2.38. The number of carbonyl (C=O) groups excluding carboxylic acids is 1. The molecule has 1 aliphatic rings. The number of benzene rings is 1. The van der Waals surface area contributed by atoms with Crippen molar-refractivity contribution in [1.82, 2.24) is 0 Å². The molecule has 0 aromatic heterocycles. The van der Waals surface area contributed by atoms with Crippen molar-refractivity contribution in [3.8, 4) is 0 Å². The molecule has 3 nitrogen and oxygen atoms in total. The highest BCUT2D eigenvalue weighted by Gasteiger charge is 2.24. The smallest absolute Gasteiger partial charge is 0.331 e. The van der Waals surface area contributed by atoms with Crippen LogP contribution in [0.5, 0.6) is 0 Å². The number of Topliss-reactive ketones (excluding diaryl/α,β-unsaturated/α-hetero) is 1. The molecule has 2 rings (SSSR count). The van der Waals surface area contributed by atoms with Crippen molar-refractivity contribution in [2.45, 2.75) is 30.6 Å². The van der Waals surface area contributed by atoms with Crippen LogP contribution < -0.4 is 0 Å². The molecule has 0 radical (unpaired) electrons. The Labute approximate surface area is 116 Å². The number of rotatable bonds is 4. The molecule has 19 heavy (non-hydrogen) atoms. The van der Waals surface area contributed by atoms with E-state index >= 15 is 0 Å². The van der Waals surface area contributed by atoms with Gasteiger partial charge in [-0.05, 0) is 44.1 Å². The van der Waals surface area contributed by atoms with Gasteiger partial charge in [-0.25, -0.2) is 4.79 Å². The van der Waals surface area contributed by atoms with E-state index in [0.29, 0.717) is 29.6 Å². The Morgan fingerprint density at radius 3 is 2.47 bits per heavy atom. The number of carboxylic acid groups (broad SMARTS) is 1. The Hall–Kier alpha value is -1.55. The molecule has 100 valence electrons. The molecule has 0 aliphatic heterocycles. The fourth-order valence-electron chi connectivity index (χ4n) is 2.33. The quantitative estimate of drug-likeness (QED) is 0.675. The summed E-state index contributed by atoms with van der Waals surface area (Å²) in [4.78, 5) is 24.7. The summed E-state index contributed by atoms with van der Waals surface area (Å²) >= 11 is 1.57. The third kappa shape index (κ3) is 3.07. The third-order valence-electron chi connectivity index (χ3n) is 3.33. The van der Waals surface area contributed by atoms with Crippen molar-refractivity contribution in [1.29, 1.82) is 0 Å². The van der Waals surface area contributed by atoms with E-state index in [1.807, 2.05) is 24.5 Å². The zero-order chi connectivity index (χ0) is 13.8. The van der Waals surface area contributed by atoms with Crippen molar-refractivity contribution in [3.63, 3.8) is 0 Å². The molecule has 0 atom stereocenters. The number of thioether (sulfide) groups is 1. The normalized spacial score (nSPS) is 15.4. The van der Waals surface area contributed by atoms with Gasteiger partial charge in [0.1, 0.15) is 0 Å². The van der Waals surface area contributed by atoms with Crippen molar-refractivity contribution in [3.05, 3.63) is 41.0 Å². The summed E-state index contributed by atoms with van der Waals surface area (Å²) in [6.07, 6.45) is 4.76. The fourth-order valence-corrected chi connectivity index (χ4v) is 2.79. The molecule has 1 aromatic rings. The fraction of sp³-hybridized carbons (Fsp3) is 0.333. The first-order valence-electron chi connectivity index (χ1n) is 6.27. The van der Waals surface area contributed by atoms with E-state index in [4.69, 9.17) is 0 Å². The van der Waals surface area contributed by atoms with Gasteiger partial charge in [-0.3, -0.25) is 4.79 Å². The SMILES string of the molecule is CSc1cccc(C(=O)C2=C(C(=O)O)CCCC2)c1. The molecule has 0 unspecified atom stereocenters. The highest BCUT2D eigenvalue weighted by Crippen LogP contribution is 2.28. The Morgan fingerprint density at radius 2 is 1.84 bits per heavy atom. The molecule has 0 saturated carbocycles. The highest BCUT2D eigenvalue weighted by atomic mass is 32.2. The highest BCUT2D eigenvalue weighted by molar-refractivity contribution is 7.98. The zero-order valence-electron chi connectivity index (χ0n) is 10.8. The van der Waals surface area contributed by atoms with Gasteiger partial charge in [-0.1, -0.05) is 12.1 Å². The molecule has 0 fully saturated rings. The van der Waals surface area contributed by atoms with E-state index in [0.717, 1.165) is 17.7 Å². The predicted octanol–water partition coefficient (Wildman–Crippen LogP) is 3.55. The van der Waals surface area contributed by atoms with E-state index in [2.05, 4.69) is 0 Å². The van der Waals surface area contributed by atoms with Gasteiger partial charge >= 0.3 is 5.97 Å². The Kier molecular flexibility index (Phi) is 4.43. The lowest BCUT2D eigenvalue weighted by Gasteiger charge is -2.16. The lowest BCUT2D eigenvalue weighted by molar-refractivity contribution is -0.133. The maximum Gasteiger partial charge on any atom is 0.331 e. The summed E-state index contributed by atoms with van der Waals surface area (Å²) in [7, 11) is 0. The van der Waals surface area contributed by atoms with E-state index in [1.165, 1.54) is 0 Å². The molecule has 1 aromatic carbocycles. The van der Waals surface area contributed by atoms with Gasteiger partial charge in [0.25, 0.3) is 0 Å². The minimum Gasteiger partial charge on any atom is -0.478 e. The molecule has 0 heterocycles. The van der Waals surface area contributed by atoms with Gasteiger partial charge in [0.2, 0.25) is 0 Å². The second-order valence-corrected chi connectivity index (χ2v) is 5.41. The Morgan fingerprint density at radius 1 is 1.16 bits per heavy atom. The first-order valence-corrected chi connectivity index (χ1v) is 7.50. The van der Waals surface area contributed by atoms with Crippen LogP contribution in [0, 0.1) is 0 Å². The maximum absolute atomic E-state index is 12.5. The van der Waals surface area contributed by atoms with Crippen molar-refractivity contribution in [2.75, 3.05) is 6.26 Å². The number of carboxylic acids is 1. The largest absolute Gasteiger partial charge is 0.478 e. The van der Waals surface area contributed by atoms with Crippen LogP contribution in [0.15, 0.2) is 40.3 Å². The molecular weight excluding hydrogens is 260 g/mol. The third-order valence-corrected chi connectivity index (χ3v) is 4.06. The molecule has 1 aliphatic carbocycles. The van der Waals surface area contributed by atoms with Gasteiger partial charge in [0.05, 0.1) is 0 Å². The lowest BCUT2D eigenvalue weighted by atomic mass is 9.87. The van der Waals surface area contributed by atoms with E-state index in [1.54, 1.807) is 17.8 Å². The average molecular weight is 276 g/mol. The summed E-state index contributed by atoms with van der Waals surface area (Å²) < 4.78 is 0. The molecule has 1 N–H and O–H groups in total. The first kappa shape index (κ1) is 13.9. The number of allylic oxidation sites excluding steroid dienone is 1. The number of hydrogen-bond acceptors (Lipinski definition) is 3. The van der Waals surface area contributed by atoms with Gasteiger partial charge < -0.3 is 5.11 Å². The first-order chi connectivity index (χ1) is 9.13. The van der Waals surface area contributed by atoms with Gasteiger partial charge in [-0.2, -0.15) is 0 Å². The monoisotopic (exact) mass is 276 g/mol. The summed E-state index contributed by atoms with van der Waals surface area (Å²) in [6.45, 7) is 0. The number of ketones is 1. The van der Waals surface area contributed by atoms with E-state index in [-0.39, 0.29) is 5.78 Å². The molecular formula is C15H16O3S. The van der Waals surface area contributed by atoms with Crippen molar-refractivity contribution in [2.24, 2.45) is 0 Å². The summed E-state index contributed by atoms with van der Waals surface area (Å²) in [5.74, 6) is -1.09. The van der Waals surface area contributed by atoms with Crippen LogP contribution in [0.1, 0.15) is 36.0 Å². The minimum atomic E-state index is -0.955. The molecule has 0 bridgehead atoms.